The molecule has 6 nitrogen and oxygen atoms in total. The largest absolute Gasteiger partial charge is 0.495 e. The van der Waals surface area contributed by atoms with Crippen LogP contribution in [0.15, 0.2) is 65.6 Å². The number of carbonyl (C=O) groups excluding carboxylic acids is 1. The number of halogens is 1. The number of anilines is 1. The van der Waals surface area contributed by atoms with Crippen molar-refractivity contribution >= 4 is 23.2 Å². The molecule has 3 rings (SSSR count). The molecule has 0 unspecified atom stereocenters. The zero-order valence-electron chi connectivity index (χ0n) is 14.5. The monoisotopic (exact) mass is 384 g/mol. The molecule has 0 radical (unpaired) electrons. The molecule has 2 N–H and O–H groups in total. The van der Waals surface area contributed by atoms with Crippen LogP contribution >= 0.6 is 11.6 Å². The molecule has 27 heavy (non-hydrogen) atoms. The van der Waals surface area contributed by atoms with Gasteiger partial charge in [0.2, 0.25) is 5.43 Å². The quantitative estimate of drug-likeness (QED) is 0.676. The highest BCUT2D eigenvalue weighted by atomic mass is 35.5. The van der Waals surface area contributed by atoms with E-state index in [0.717, 1.165) is 5.56 Å². The van der Waals surface area contributed by atoms with Crippen LogP contribution < -0.4 is 20.2 Å². The highest BCUT2D eigenvalue weighted by Crippen LogP contribution is 2.23. The maximum atomic E-state index is 12.4. The van der Waals surface area contributed by atoms with Gasteiger partial charge in [-0.25, -0.2) is 0 Å². The summed E-state index contributed by atoms with van der Waals surface area (Å²) in [5.74, 6) is 0.158. The Labute approximate surface area is 160 Å². The van der Waals surface area contributed by atoms with Crippen molar-refractivity contribution in [3.05, 3.63) is 87.3 Å². The van der Waals surface area contributed by atoms with Crippen molar-refractivity contribution in [2.24, 2.45) is 0 Å². The maximum Gasteiger partial charge on any atom is 0.272 e. The Kier molecular flexibility index (Phi) is 5.78. The summed E-state index contributed by atoms with van der Waals surface area (Å²) in [5, 5.41) is 3.25. The Hall–Kier alpha value is -3.25. The Morgan fingerprint density at radius 2 is 1.85 bits per heavy atom. The molecule has 0 aliphatic heterocycles. The number of pyridine rings is 1. The highest BCUT2D eigenvalue weighted by Gasteiger charge is 2.12. The fraction of sp³-hybridized carbons (Fsp3) is 0.100. The van der Waals surface area contributed by atoms with Crippen LogP contribution in [0.25, 0.3) is 0 Å². The average Bonchev–Trinajstić information content (AvgIpc) is 2.68. The van der Waals surface area contributed by atoms with E-state index in [0.29, 0.717) is 16.5 Å². The standard InChI is InChI=1S/C20H17ClN2O4/c1-26-18-9-5-4-8-15(18)23-20(25)16-10-17(24)19(11-22-16)27-12-13-6-2-3-7-14(13)21/h2-11H,12H2,1H3,(H,22,24)(H,23,25). The van der Waals surface area contributed by atoms with Gasteiger partial charge in [0.15, 0.2) is 5.75 Å². The van der Waals surface area contributed by atoms with Crippen molar-refractivity contribution in [1.29, 1.82) is 0 Å². The van der Waals surface area contributed by atoms with Crippen LogP contribution in [0.3, 0.4) is 0 Å². The number of ether oxygens (including phenoxy) is 2. The molecule has 0 aliphatic carbocycles. The van der Waals surface area contributed by atoms with Gasteiger partial charge in [-0.15, -0.1) is 0 Å². The molecule has 3 aromatic rings. The molecule has 0 bridgehead atoms. The van der Waals surface area contributed by atoms with E-state index in [4.69, 9.17) is 21.1 Å². The van der Waals surface area contributed by atoms with Gasteiger partial charge < -0.3 is 19.8 Å². The summed E-state index contributed by atoms with van der Waals surface area (Å²) in [6.45, 7) is 0.148. The van der Waals surface area contributed by atoms with E-state index < -0.39 is 11.3 Å². The number of nitrogens with one attached hydrogen (secondary N) is 2. The van der Waals surface area contributed by atoms with Gasteiger partial charge in [-0.3, -0.25) is 9.59 Å². The second-order valence-corrected chi connectivity index (χ2v) is 6.02. The van der Waals surface area contributed by atoms with Gasteiger partial charge in [0.05, 0.1) is 12.8 Å². The molecular weight excluding hydrogens is 368 g/mol. The number of hydrogen-bond acceptors (Lipinski definition) is 4. The molecule has 1 aromatic heterocycles. The third-order valence-electron chi connectivity index (χ3n) is 3.82. The van der Waals surface area contributed by atoms with E-state index in [2.05, 4.69) is 10.3 Å². The number of aromatic nitrogens is 1. The first-order chi connectivity index (χ1) is 13.1. The van der Waals surface area contributed by atoms with E-state index in [1.165, 1.54) is 19.4 Å². The second kappa shape index (κ2) is 8.42. The van der Waals surface area contributed by atoms with Crippen molar-refractivity contribution in [3.8, 4) is 11.5 Å². The number of benzene rings is 2. The third kappa shape index (κ3) is 4.48. The van der Waals surface area contributed by atoms with E-state index >= 15 is 0 Å². The van der Waals surface area contributed by atoms with Crippen molar-refractivity contribution in [1.82, 2.24) is 4.98 Å². The van der Waals surface area contributed by atoms with Gasteiger partial charge in [0, 0.05) is 22.8 Å². The smallest absolute Gasteiger partial charge is 0.272 e. The van der Waals surface area contributed by atoms with Crippen LogP contribution in [0.1, 0.15) is 16.1 Å². The molecule has 7 heteroatoms. The van der Waals surface area contributed by atoms with Gasteiger partial charge in [-0.2, -0.15) is 0 Å². The van der Waals surface area contributed by atoms with Gasteiger partial charge in [-0.1, -0.05) is 41.9 Å². The topological polar surface area (TPSA) is 80.4 Å². The first-order valence-corrected chi connectivity index (χ1v) is 8.49. The van der Waals surface area contributed by atoms with Gasteiger partial charge >= 0.3 is 0 Å². The lowest BCUT2D eigenvalue weighted by molar-refractivity contribution is 0.102. The second-order valence-electron chi connectivity index (χ2n) is 5.61. The number of H-pyrrole nitrogens is 1. The van der Waals surface area contributed by atoms with Crippen LogP contribution in [0.4, 0.5) is 5.69 Å². The first-order valence-electron chi connectivity index (χ1n) is 8.12. The number of amides is 1. The summed E-state index contributed by atoms with van der Waals surface area (Å²) in [6.07, 6.45) is 1.36. The zero-order valence-corrected chi connectivity index (χ0v) is 15.2. The summed E-state index contributed by atoms with van der Waals surface area (Å²) in [6, 6.07) is 15.4. The summed E-state index contributed by atoms with van der Waals surface area (Å²) in [5.41, 5.74) is 0.962. The Bertz CT molecular complexity index is 1020. The van der Waals surface area contributed by atoms with E-state index in [1.807, 2.05) is 18.2 Å². The summed E-state index contributed by atoms with van der Waals surface area (Å²) >= 11 is 6.07. The lowest BCUT2D eigenvalue weighted by Gasteiger charge is -2.10. The van der Waals surface area contributed by atoms with E-state index in [9.17, 15) is 9.59 Å². The fourth-order valence-corrected chi connectivity index (χ4v) is 2.60. The molecule has 138 valence electrons. The van der Waals surface area contributed by atoms with E-state index in [1.54, 1.807) is 30.3 Å². The highest BCUT2D eigenvalue weighted by molar-refractivity contribution is 6.31. The third-order valence-corrected chi connectivity index (χ3v) is 4.19. The van der Waals surface area contributed by atoms with Gasteiger partial charge in [0.25, 0.3) is 5.91 Å². The minimum atomic E-state index is -0.464. The van der Waals surface area contributed by atoms with Crippen LogP contribution in [0, 0.1) is 0 Å². The molecular formula is C20H17ClN2O4. The Morgan fingerprint density at radius 3 is 2.59 bits per heavy atom. The number of aromatic amines is 1. The predicted octanol–water partition coefficient (Wildman–Crippen LogP) is 3.87. The molecule has 0 saturated carbocycles. The van der Waals surface area contributed by atoms with Crippen molar-refractivity contribution in [3.63, 3.8) is 0 Å². The number of methoxy groups -OCH3 is 1. The molecule has 0 fully saturated rings. The molecule has 1 heterocycles. The fourth-order valence-electron chi connectivity index (χ4n) is 2.41. The summed E-state index contributed by atoms with van der Waals surface area (Å²) in [7, 11) is 1.51. The number of hydrogen-bond donors (Lipinski definition) is 2. The van der Waals surface area contributed by atoms with Crippen molar-refractivity contribution in [2.45, 2.75) is 6.61 Å². The minimum absolute atomic E-state index is 0.101. The van der Waals surface area contributed by atoms with Crippen molar-refractivity contribution < 1.29 is 14.3 Å². The van der Waals surface area contributed by atoms with Crippen LogP contribution in [-0.2, 0) is 6.61 Å². The molecule has 0 saturated heterocycles. The summed E-state index contributed by atoms with van der Waals surface area (Å²) in [4.78, 5) is 27.4. The lowest BCUT2D eigenvalue weighted by atomic mass is 10.2. The minimum Gasteiger partial charge on any atom is -0.495 e. The Balaban J connectivity index is 1.71. The first kappa shape index (κ1) is 18.5. The summed E-state index contributed by atoms with van der Waals surface area (Å²) < 4.78 is 10.7. The molecule has 0 atom stereocenters. The normalized spacial score (nSPS) is 10.3. The molecule has 2 aromatic carbocycles. The average molecular weight is 385 g/mol. The zero-order chi connectivity index (χ0) is 19.2. The lowest BCUT2D eigenvalue weighted by Crippen LogP contribution is -2.18. The van der Waals surface area contributed by atoms with Crippen molar-refractivity contribution in [2.75, 3.05) is 12.4 Å². The molecule has 1 amide bonds. The van der Waals surface area contributed by atoms with Crippen LogP contribution in [0.5, 0.6) is 11.5 Å². The predicted molar refractivity (Wildman–Crippen MR) is 104 cm³/mol. The molecule has 0 aliphatic rings. The SMILES string of the molecule is COc1ccccc1NC(=O)c1cc(=O)c(OCc2ccccc2Cl)c[nH]1. The van der Waals surface area contributed by atoms with Gasteiger partial charge in [0.1, 0.15) is 18.1 Å². The van der Waals surface area contributed by atoms with Crippen LogP contribution in [-0.4, -0.2) is 18.0 Å². The number of rotatable bonds is 6. The molecule has 0 spiro atoms. The van der Waals surface area contributed by atoms with E-state index in [-0.39, 0.29) is 18.1 Å². The van der Waals surface area contributed by atoms with Crippen LogP contribution in [0.2, 0.25) is 5.02 Å². The van der Waals surface area contributed by atoms with Gasteiger partial charge in [-0.05, 0) is 18.2 Å². The number of para-hydroxylation sites is 2. The number of carbonyl (C=O) groups is 1. The maximum absolute atomic E-state index is 12.4. The Morgan fingerprint density at radius 1 is 1.11 bits per heavy atom.